The Bertz CT molecular complexity index is 388. The van der Waals surface area contributed by atoms with Crippen LogP contribution in [0.2, 0.25) is 5.02 Å². The SMILES string of the molecule is Cl.NCCC[C@H](N)c1cc2c(cc1Cl)OCO2. The van der Waals surface area contributed by atoms with Gasteiger partial charge in [0.25, 0.3) is 0 Å². The number of fused-ring (bicyclic) bond motifs is 1. The summed E-state index contributed by atoms with van der Waals surface area (Å²) in [5, 5.41) is 0.619. The van der Waals surface area contributed by atoms with Crippen molar-refractivity contribution < 1.29 is 9.47 Å². The summed E-state index contributed by atoms with van der Waals surface area (Å²) < 4.78 is 10.5. The minimum atomic E-state index is -0.106. The van der Waals surface area contributed by atoms with E-state index in [2.05, 4.69) is 0 Å². The van der Waals surface area contributed by atoms with Gasteiger partial charge < -0.3 is 20.9 Å². The quantitative estimate of drug-likeness (QED) is 0.886. The first-order chi connectivity index (χ1) is 7.72. The molecule has 1 heterocycles. The van der Waals surface area contributed by atoms with E-state index in [1.165, 1.54) is 0 Å². The molecule has 0 aliphatic carbocycles. The fraction of sp³-hybridized carbons (Fsp3) is 0.455. The standard InChI is InChI=1S/C11H15ClN2O2.ClH/c12-8-5-11-10(15-6-16-11)4-7(8)9(14)2-1-3-13;/h4-5,9H,1-3,6,13-14H2;1H/t9-;/m0./s1. The molecule has 0 bridgehead atoms. The monoisotopic (exact) mass is 278 g/mol. The van der Waals surface area contributed by atoms with Crippen LogP contribution in [-0.4, -0.2) is 13.3 Å². The summed E-state index contributed by atoms with van der Waals surface area (Å²) in [7, 11) is 0. The van der Waals surface area contributed by atoms with E-state index < -0.39 is 0 Å². The molecule has 0 fully saturated rings. The van der Waals surface area contributed by atoms with Gasteiger partial charge in [0, 0.05) is 17.1 Å². The highest BCUT2D eigenvalue weighted by atomic mass is 35.5. The molecule has 2 rings (SSSR count). The number of ether oxygens (including phenoxy) is 2. The van der Waals surface area contributed by atoms with Gasteiger partial charge in [-0.3, -0.25) is 0 Å². The van der Waals surface area contributed by atoms with E-state index in [-0.39, 0.29) is 25.2 Å². The molecule has 0 saturated carbocycles. The predicted molar refractivity (Wildman–Crippen MR) is 70.0 cm³/mol. The van der Waals surface area contributed by atoms with Crippen LogP contribution in [-0.2, 0) is 0 Å². The first kappa shape index (κ1) is 14.4. The zero-order valence-corrected chi connectivity index (χ0v) is 10.9. The van der Waals surface area contributed by atoms with E-state index in [4.69, 9.17) is 32.5 Å². The van der Waals surface area contributed by atoms with Crippen molar-refractivity contribution in [1.82, 2.24) is 0 Å². The molecule has 0 saturated heterocycles. The Kier molecular flexibility index (Phi) is 5.33. The van der Waals surface area contributed by atoms with Crippen molar-refractivity contribution in [2.24, 2.45) is 11.5 Å². The lowest BCUT2D eigenvalue weighted by Gasteiger charge is -2.13. The summed E-state index contributed by atoms with van der Waals surface area (Å²) in [6.45, 7) is 0.878. The molecular weight excluding hydrogens is 263 g/mol. The van der Waals surface area contributed by atoms with Gasteiger partial charge in [0.1, 0.15) is 0 Å². The lowest BCUT2D eigenvalue weighted by Crippen LogP contribution is -2.13. The first-order valence-corrected chi connectivity index (χ1v) is 5.65. The van der Waals surface area contributed by atoms with Crippen molar-refractivity contribution in [3.05, 3.63) is 22.7 Å². The maximum atomic E-state index is 6.13. The molecule has 6 heteroatoms. The van der Waals surface area contributed by atoms with Crippen LogP contribution < -0.4 is 20.9 Å². The molecule has 17 heavy (non-hydrogen) atoms. The summed E-state index contributed by atoms with van der Waals surface area (Å²) >= 11 is 6.13. The zero-order valence-electron chi connectivity index (χ0n) is 9.32. The average Bonchev–Trinajstić information content (AvgIpc) is 2.71. The van der Waals surface area contributed by atoms with Crippen molar-refractivity contribution in [3.63, 3.8) is 0 Å². The molecule has 96 valence electrons. The Balaban J connectivity index is 0.00000144. The normalized spacial score (nSPS) is 14.3. The number of rotatable bonds is 4. The molecule has 4 N–H and O–H groups in total. The Morgan fingerprint density at radius 3 is 2.59 bits per heavy atom. The highest BCUT2D eigenvalue weighted by molar-refractivity contribution is 6.31. The second kappa shape index (κ2) is 6.31. The minimum Gasteiger partial charge on any atom is -0.454 e. The number of hydrogen-bond acceptors (Lipinski definition) is 4. The number of nitrogens with two attached hydrogens (primary N) is 2. The van der Waals surface area contributed by atoms with E-state index in [1.807, 2.05) is 6.07 Å². The van der Waals surface area contributed by atoms with Crippen molar-refractivity contribution in [2.75, 3.05) is 13.3 Å². The molecule has 0 spiro atoms. The third-order valence-electron chi connectivity index (χ3n) is 2.61. The van der Waals surface area contributed by atoms with E-state index >= 15 is 0 Å². The molecule has 1 aliphatic rings. The average molecular weight is 279 g/mol. The zero-order chi connectivity index (χ0) is 11.5. The predicted octanol–water partition coefficient (Wildman–Crippen LogP) is 2.23. The summed E-state index contributed by atoms with van der Waals surface area (Å²) in [5.41, 5.74) is 12.4. The van der Waals surface area contributed by atoms with Gasteiger partial charge in [-0.1, -0.05) is 11.6 Å². The van der Waals surface area contributed by atoms with Crippen molar-refractivity contribution >= 4 is 24.0 Å². The molecule has 1 atom stereocenters. The number of hydrogen-bond donors (Lipinski definition) is 2. The summed E-state index contributed by atoms with van der Waals surface area (Å²) in [6.07, 6.45) is 1.70. The van der Waals surface area contributed by atoms with Crippen LogP contribution in [0, 0.1) is 0 Å². The minimum absolute atomic E-state index is 0. The van der Waals surface area contributed by atoms with Gasteiger partial charge in [-0.15, -0.1) is 12.4 Å². The van der Waals surface area contributed by atoms with Gasteiger partial charge in [0.2, 0.25) is 6.79 Å². The maximum Gasteiger partial charge on any atom is 0.231 e. The fourth-order valence-corrected chi connectivity index (χ4v) is 2.00. The van der Waals surface area contributed by atoms with Gasteiger partial charge in [0.05, 0.1) is 0 Å². The molecule has 4 nitrogen and oxygen atoms in total. The Morgan fingerprint density at radius 1 is 1.29 bits per heavy atom. The van der Waals surface area contributed by atoms with Gasteiger partial charge in [-0.25, -0.2) is 0 Å². The topological polar surface area (TPSA) is 70.5 Å². The third kappa shape index (κ3) is 3.16. The molecule has 0 aromatic heterocycles. The van der Waals surface area contributed by atoms with Gasteiger partial charge in [-0.2, -0.15) is 0 Å². The van der Waals surface area contributed by atoms with Gasteiger partial charge in [-0.05, 0) is 31.0 Å². The maximum absolute atomic E-state index is 6.13. The Hall–Kier alpha value is -0.680. The second-order valence-corrected chi connectivity index (χ2v) is 4.17. The van der Waals surface area contributed by atoms with Crippen LogP contribution in [0.4, 0.5) is 0 Å². The summed E-state index contributed by atoms with van der Waals surface area (Å²) in [6, 6.07) is 3.50. The Morgan fingerprint density at radius 2 is 1.94 bits per heavy atom. The molecule has 1 aromatic rings. The number of benzene rings is 1. The van der Waals surface area contributed by atoms with Crippen LogP contribution in [0.3, 0.4) is 0 Å². The van der Waals surface area contributed by atoms with Crippen molar-refractivity contribution in [2.45, 2.75) is 18.9 Å². The van der Waals surface area contributed by atoms with Crippen LogP contribution in [0.15, 0.2) is 12.1 Å². The van der Waals surface area contributed by atoms with Crippen LogP contribution in [0.25, 0.3) is 0 Å². The smallest absolute Gasteiger partial charge is 0.231 e. The lowest BCUT2D eigenvalue weighted by atomic mass is 10.0. The van der Waals surface area contributed by atoms with Crippen LogP contribution >= 0.6 is 24.0 Å². The van der Waals surface area contributed by atoms with E-state index in [0.717, 1.165) is 18.4 Å². The van der Waals surface area contributed by atoms with Crippen molar-refractivity contribution in [1.29, 1.82) is 0 Å². The van der Waals surface area contributed by atoms with E-state index in [1.54, 1.807) is 6.07 Å². The molecule has 0 unspecified atom stereocenters. The van der Waals surface area contributed by atoms with Gasteiger partial charge in [0.15, 0.2) is 11.5 Å². The molecule has 1 aromatic carbocycles. The fourth-order valence-electron chi connectivity index (χ4n) is 1.71. The molecule has 1 aliphatic heterocycles. The number of halogens is 2. The molecular formula is C11H16Cl2N2O2. The molecule has 0 amide bonds. The van der Waals surface area contributed by atoms with Crippen LogP contribution in [0.1, 0.15) is 24.4 Å². The first-order valence-electron chi connectivity index (χ1n) is 5.27. The molecule has 0 radical (unpaired) electrons. The largest absolute Gasteiger partial charge is 0.454 e. The van der Waals surface area contributed by atoms with Crippen molar-refractivity contribution in [3.8, 4) is 11.5 Å². The highest BCUT2D eigenvalue weighted by Crippen LogP contribution is 2.39. The highest BCUT2D eigenvalue weighted by Gasteiger charge is 2.19. The third-order valence-corrected chi connectivity index (χ3v) is 2.94. The second-order valence-electron chi connectivity index (χ2n) is 3.76. The van der Waals surface area contributed by atoms with E-state index in [9.17, 15) is 0 Å². The van der Waals surface area contributed by atoms with E-state index in [0.29, 0.717) is 23.1 Å². The van der Waals surface area contributed by atoms with Crippen LogP contribution in [0.5, 0.6) is 11.5 Å². The summed E-state index contributed by atoms with van der Waals surface area (Å²) in [5.74, 6) is 1.39. The summed E-state index contributed by atoms with van der Waals surface area (Å²) in [4.78, 5) is 0. The van der Waals surface area contributed by atoms with Gasteiger partial charge >= 0.3 is 0 Å². The Labute approximate surface area is 112 Å². The lowest BCUT2D eigenvalue weighted by molar-refractivity contribution is 0.174.